The van der Waals surface area contributed by atoms with E-state index in [0.29, 0.717) is 0 Å². The molecule has 0 rings (SSSR count). The summed E-state index contributed by atoms with van der Waals surface area (Å²) < 4.78 is 0. The molecule has 0 aliphatic rings. The van der Waals surface area contributed by atoms with Crippen LogP contribution in [0.4, 0.5) is 0 Å². The summed E-state index contributed by atoms with van der Waals surface area (Å²) >= 11 is 0. The maximum Gasteiger partial charge on any atom is 2.00 e. The Balaban J connectivity index is 0. The zero-order chi connectivity index (χ0) is 0. The molecule has 0 saturated heterocycles. The third-order valence-corrected chi connectivity index (χ3v) is 0. The van der Waals surface area contributed by atoms with Crippen LogP contribution in [0.25, 0.3) is 0 Å². The summed E-state index contributed by atoms with van der Waals surface area (Å²) in [5, 5.41) is 0. The van der Waals surface area contributed by atoms with Crippen LogP contribution < -0.4 is 50.9 Å². The number of hydrogen-bond acceptors (Lipinski definition) is 0. The summed E-state index contributed by atoms with van der Waals surface area (Å²) in [5.41, 5.74) is 0. The molecular weight excluding hydrogens is 435 g/mol. The maximum atomic E-state index is 0. The third-order valence-electron chi connectivity index (χ3n) is 0. The fraction of sp³-hybridized carbons (Fsp3) is 0. The average molecular weight is 435 g/mol. The molecule has 0 aromatic carbocycles. The Morgan fingerprint density at radius 2 is 0.500 bits per heavy atom. The molecule has 0 unspecified atom stereocenters. The first-order valence-corrected chi connectivity index (χ1v) is 0. The topological polar surface area (TPSA) is 0 Å². The smallest absolute Gasteiger partial charge is 1.00 e. The molecule has 0 amide bonds. The fourth-order valence-corrected chi connectivity index (χ4v) is 0. The first kappa shape index (κ1) is 35.6. The summed E-state index contributed by atoms with van der Waals surface area (Å²) in [4.78, 5) is 0. The van der Waals surface area contributed by atoms with Crippen LogP contribution in [0.5, 0.6) is 0 Å². The fourth-order valence-electron chi connectivity index (χ4n) is 0. The van der Waals surface area contributed by atoms with Crippen molar-refractivity contribution in [2.75, 3.05) is 0 Å². The molecular formula is Br3Pt-. The molecule has 0 radical (unpaired) electrons. The molecule has 32 valence electrons. The summed E-state index contributed by atoms with van der Waals surface area (Å²) in [5.74, 6) is 0. The largest absolute Gasteiger partial charge is 2.00 e. The van der Waals surface area contributed by atoms with Crippen LogP contribution in [0, 0.1) is 0 Å². The Hall–Kier alpha value is 2.13. The van der Waals surface area contributed by atoms with E-state index in [1.54, 1.807) is 0 Å². The Morgan fingerprint density at radius 1 is 0.500 bits per heavy atom. The van der Waals surface area contributed by atoms with E-state index in [-0.39, 0.29) is 72.0 Å². The Bertz CT molecular complexity index is 3.25. The average Bonchev–Trinajstić information content (AvgIpc) is 0. The molecule has 4 heteroatoms. The van der Waals surface area contributed by atoms with Gasteiger partial charge in [-0.25, -0.2) is 0 Å². The van der Waals surface area contributed by atoms with E-state index >= 15 is 0 Å². The molecule has 0 nitrogen and oxygen atoms in total. The standard InChI is InChI=1S/3BrH.Pt/h3*1H;/q;;;+2/p-3. The van der Waals surface area contributed by atoms with Crippen molar-refractivity contribution in [3.63, 3.8) is 0 Å². The van der Waals surface area contributed by atoms with Crippen molar-refractivity contribution >= 4 is 0 Å². The van der Waals surface area contributed by atoms with Crippen LogP contribution >= 0.6 is 0 Å². The van der Waals surface area contributed by atoms with Gasteiger partial charge in [-0.1, -0.05) is 0 Å². The van der Waals surface area contributed by atoms with E-state index in [4.69, 9.17) is 0 Å². The van der Waals surface area contributed by atoms with Gasteiger partial charge in [0.05, 0.1) is 0 Å². The molecule has 0 aliphatic carbocycles. The van der Waals surface area contributed by atoms with Gasteiger partial charge in [-0.2, -0.15) is 0 Å². The molecule has 0 aromatic heterocycles. The van der Waals surface area contributed by atoms with Crippen molar-refractivity contribution in [1.29, 1.82) is 0 Å². The van der Waals surface area contributed by atoms with Crippen LogP contribution in [0.1, 0.15) is 0 Å². The Kier molecular flexibility index (Phi) is 172. The molecule has 0 bridgehead atoms. The minimum atomic E-state index is 0. The van der Waals surface area contributed by atoms with Crippen LogP contribution in [0.2, 0.25) is 0 Å². The zero-order valence-electron chi connectivity index (χ0n) is 1.45. The number of halogens is 3. The first-order chi connectivity index (χ1) is 0. The molecule has 0 saturated carbocycles. The molecule has 4 heavy (non-hydrogen) atoms. The van der Waals surface area contributed by atoms with Crippen LogP contribution in [0.15, 0.2) is 0 Å². The number of hydrogen-bond donors (Lipinski definition) is 0. The van der Waals surface area contributed by atoms with Gasteiger partial charge >= 0.3 is 21.1 Å². The van der Waals surface area contributed by atoms with Crippen molar-refractivity contribution in [1.82, 2.24) is 0 Å². The predicted octanol–water partition coefficient (Wildman–Crippen LogP) is -8.99. The normalized spacial score (nSPS) is 0. The Morgan fingerprint density at radius 3 is 0.500 bits per heavy atom. The summed E-state index contributed by atoms with van der Waals surface area (Å²) in [6.07, 6.45) is 0. The quantitative estimate of drug-likeness (QED) is 0.355. The first-order valence-electron chi connectivity index (χ1n) is 0. The molecule has 0 fully saturated rings. The van der Waals surface area contributed by atoms with E-state index < -0.39 is 0 Å². The van der Waals surface area contributed by atoms with E-state index in [0.717, 1.165) is 0 Å². The molecule has 0 N–H and O–H groups in total. The van der Waals surface area contributed by atoms with Gasteiger partial charge < -0.3 is 50.9 Å². The van der Waals surface area contributed by atoms with Gasteiger partial charge in [-0.15, -0.1) is 0 Å². The Labute approximate surface area is 71.3 Å². The minimum absolute atomic E-state index is 0. The summed E-state index contributed by atoms with van der Waals surface area (Å²) in [6.45, 7) is 0. The van der Waals surface area contributed by atoms with Gasteiger partial charge in [0.15, 0.2) is 0 Å². The summed E-state index contributed by atoms with van der Waals surface area (Å²) in [6, 6.07) is 0. The second kappa shape index (κ2) is 19.3. The van der Waals surface area contributed by atoms with Crippen LogP contribution in [-0.4, -0.2) is 0 Å². The van der Waals surface area contributed by atoms with Crippen molar-refractivity contribution < 1.29 is 72.0 Å². The van der Waals surface area contributed by atoms with E-state index in [1.165, 1.54) is 0 Å². The van der Waals surface area contributed by atoms with Crippen molar-refractivity contribution in [3.8, 4) is 0 Å². The molecule has 0 aliphatic heterocycles. The predicted molar refractivity (Wildman–Crippen MR) is 0 cm³/mol. The van der Waals surface area contributed by atoms with Gasteiger partial charge in [0.25, 0.3) is 0 Å². The zero-order valence-corrected chi connectivity index (χ0v) is 8.48. The van der Waals surface area contributed by atoms with Crippen LogP contribution in [0.3, 0.4) is 0 Å². The monoisotopic (exact) mass is 432 g/mol. The molecule has 0 heterocycles. The third kappa shape index (κ3) is 8.92. The number of rotatable bonds is 0. The van der Waals surface area contributed by atoms with Crippen molar-refractivity contribution in [3.05, 3.63) is 0 Å². The minimum Gasteiger partial charge on any atom is -1.00 e. The van der Waals surface area contributed by atoms with E-state index in [1.807, 2.05) is 0 Å². The SMILES string of the molecule is [Br-].[Br-].[Br-].[Pt+2]. The second-order valence-electron chi connectivity index (χ2n) is 0. The van der Waals surface area contributed by atoms with E-state index in [9.17, 15) is 0 Å². The van der Waals surface area contributed by atoms with Gasteiger partial charge in [0.1, 0.15) is 0 Å². The summed E-state index contributed by atoms with van der Waals surface area (Å²) in [7, 11) is 0. The van der Waals surface area contributed by atoms with Crippen molar-refractivity contribution in [2.24, 2.45) is 0 Å². The van der Waals surface area contributed by atoms with Gasteiger partial charge in [0.2, 0.25) is 0 Å². The second-order valence-corrected chi connectivity index (χ2v) is 0. The van der Waals surface area contributed by atoms with E-state index in [2.05, 4.69) is 0 Å². The van der Waals surface area contributed by atoms with Gasteiger partial charge in [-0.3, -0.25) is 0 Å². The molecule has 0 spiro atoms. The van der Waals surface area contributed by atoms with Crippen molar-refractivity contribution in [2.45, 2.75) is 0 Å². The van der Waals surface area contributed by atoms with Gasteiger partial charge in [-0.05, 0) is 0 Å². The molecule has 0 aromatic rings. The van der Waals surface area contributed by atoms with Gasteiger partial charge in [0, 0.05) is 0 Å². The van der Waals surface area contributed by atoms with Crippen LogP contribution in [-0.2, 0) is 21.1 Å². The maximum absolute atomic E-state index is 0. The molecule has 0 atom stereocenters.